The molecule has 1 aliphatic rings. The van der Waals surface area contributed by atoms with Crippen LogP contribution in [0.15, 0.2) is 45.3 Å². The van der Waals surface area contributed by atoms with Crippen molar-refractivity contribution >= 4 is 23.2 Å². The summed E-state index contributed by atoms with van der Waals surface area (Å²) in [4.78, 5) is 29.9. The Balaban J connectivity index is 1.21. The molecule has 0 radical (unpaired) electrons. The van der Waals surface area contributed by atoms with Gasteiger partial charge in [0.05, 0.1) is 0 Å². The molecule has 0 unspecified atom stereocenters. The molecule has 4 heterocycles. The highest BCUT2D eigenvalue weighted by Gasteiger charge is 2.25. The van der Waals surface area contributed by atoms with Gasteiger partial charge in [-0.1, -0.05) is 38.1 Å². The van der Waals surface area contributed by atoms with Crippen molar-refractivity contribution in [3.63, 3.8) is 0 Å². The van der Waals surface area contributed by atoms with Crippen LogP contribution in [0.4, 0.5) is 6.01 Å². The first-order chi connectivity index (χ1) is 16.8. The monoisotopic (exact) mass is 471 g/mol. The number of piperazine rings is 1. The summed E-state index contributed by atoms with van der Waals surface area (Å²) in [6.07, 6.45) is 0.698. The van der Waals surface area contributed by atoms with E-state index in [1.807, 2.05) is 28.0 Å². The van der Waals surface area contributed by atoms with Gasteiger partial charge in [-0.15, -0.1) is 0 Å². The van der Waals surface area contributed by atoms with E-state index in [1.54, 1.807) is 24.3 Å². The van der Waals surface area contributed by atoms with Gasteiger partial charge in [0, 0.05) is 43.7 Å². The molecule has 0 aliphatic carbocycles. The number of carbonyl (C=O) groups excluding carboxylic acids is 1. The molecule has 1 aliphatic heterocycles. The lowest BCUT2D eigenvalue weighted by Gasteiger charge is -2.33. The van der Waals surface area contributed by atoms with Gasteiger partial charge in [0.2, 0.25) is 17.4 Å². The number of anilines is 1. The van der Waals surface area contributed by atoms with E-state index in [4.69, 9.17) is 14.2 Å². The molecule has 10 nitrogen and oxygen atoms in total. The molecule has 178 valence electrons. The van der Waals surface area contributed by atoms with Crippen LogP contribution in [0, 0.1) is 16.7 Å². The molecule has 0 atom stereocenters. The Labute approximate surface area is 202 Å². The molecular formula is C25H25N7O3. The van der Waals surface area contributed by atoms with Gasteiger partial charge in [-0.2, -0.15) is 15.2 Å². The smallest absolute Gasteiger partial charge is 0.300 e. The molecule has 0 bridgehead atoms. The summed E-state index contributed by atoms with van der Waals surface area (Å²) in [6.45, 7) is 8.60. The van der Waals surface area contributed by atoms with Gasteiger partial charge in [0.15, 0.2) is 5.58 Å². The Bertz CT molecular complexity index is 1400. The second-order valence-electron chi connectivity index (χ2n) is 9.73. The molecule has 3 aromatic heterocycles. The maximum absolute atomic E-state index is 13.0. The number of pyridine rings is 1. The van der Waals surface area contributed by atoms with Crippen molar-refractivity contribution in [1.82, 2.24) is 25.0 Å². The maximum atomic E-state index is 13.0. The normalized spacial score (nSPS) is 14.3. The minimum Gasteiger partial charge on any atom is -0.422 e. The number of aromatic nitrogens is 4. The van der Waals surface area contributed by atoms with Gasteiger partial charge < -0.3 is 18.7 Å². The zero-order valence-electron chi connectivity index (χ0n) is 19.9. The lowest BCUT2D eigenvalue weighted by atomic mass is 9.92. The van der Waals surface area contributed by atoms with E-state index in [0.29, 0.717) is 72.8 Å². The third-order valence-electron chi connectivity index (χ3n) is 5.73. The van der Waals surface area contributed by atoms with E-state index in [0.717, 1.165) is 5.56 Å². The molecule has 5 rings (SSSR count). The van der Waals surface area contributed by atoms with Gasteiger partial charge >= 0.3 is 0 Å². The number of hydrogen-bond donors (Lipinski definition) is 0. The van der Waals surface area contributed by atoms with Crippen molar-refractivity contribution in [2.45, 2.75) is 27.2 Å². The number of nitrogens with zero attached hydrogens (tertiary/aromatic N) is 7. The van der Waals surface area contributed by atoms with Crippen LogP contribution < -0.4 is 4.90 Å². The van der Waals surface area contributed by atoms with Crippen LogP contribution in [0.1, 0.15) is 42.7 Å². The first-order valence-electron chi connectivity index (χ1n) is 11.4. The maximum Gasteiger partial charge on any atom is 0.300 e. The summed E-state index contributed by atoms with van der Waals surface area (Å²) >= 11 is 0. The molecule has 10 heteroatoms. The number of benzene rings is 1. The molecule has 35 heavy (non-hydrogen) atoms. The molecule has 1 fully saturated rings. The second-order valence-corrected chi connectivity index (χ2v) is 9.73. The SMILES string of the molecule is CC(C)(C)Cc1nc(-c2ccc(C(=O)N3CCN(c4nc5nc(C#N)ccc5o4)CC3)cc2)no1. The van der Waals surface area contributed by atoms with Crippen LogP contribution in [0.2, 0.25) is 0 Å². The van der Waals surface area contributed by atoms with E-state index in [9.17, 15) is 4.79 Å². The number of carbonyl (C=O) groups is 1. The minimum atomic E-state index is -0.0318. The van der Waals surface area contributed by atoms with E-state index < -0.39 is 0 Å². The van der Waals surface area contributed by atoms with Crippen LogP contribution in [0.25, 0.3) is 22.6 Å². The van der Waals surface area contributed by atoms with Crippen molar-refractivity contribution < 1.29 is 13.7 Å². The number of fused-ring (bicyclic) bond motifs is 1. The fourth-order valence-corrected chi connectivity index (χ4v) is 3.95. The van der Waals surface area contributed by atoms with Crippen LogP contribution in [-0.2, 0) is 6.42 Å². The van der Waals surface area contributed by atoms with Crippen LogP contribution in [0.3, 0.4) is 0 Å². The Morgan fingerprint density at radius 1 is 1.03 bits per heavy atom. The topological polar surface area (TPSA) is 125 Å². The van der Waals surface area contributed by atoms with E-state index in [1.165, 1.54) is 0 Å². The Morgan fingerprint density at radius 2 is 1.77 bits per heavy atom. The van der Waals surface area contributed by atoms with Crippen molar-refractivity contribution in [2.24, 2.45) is 5.41 Å². The summed E-state index contributed by atoms with van der Waals surface area (Å²) in [5, 5.41) is 13.1. The fourth-order valence-electron chi connectivity index (χ4n) is 3.95. The highest BCUT2D eigenvalue weighted by Crippen LogP contribution is 2.24. The molecule has 4 aromatic rings. The average Bonchev–Trinajstić information content (AvgIpc) is 3.49. The summed E-state index contributed by atoms with van der Waals surface area (Å²) in [5.41, 5.74) is 2.70. The van der Waals surface area contributed by atoms with E-state index in [2.05, 4.69) is 40.9 Å². The number of oxazole rings is 1. The predicted molar refractivity (Wildman–Crippen MR) is 128 cm³/mol. The van der Waals surface area contributed by atoms with Crippen LogP contribution in [-0.4, -0.2) is 57.1 Å². The molecule has 1 saturated heterocycles. The van der Waals surface area contributed by atoms with E-state index >= 15 is 0 Å². The van der Waals surface area contributed by atoms with Crippen molar-refractivity contribution in [2.75, 3.05) is 31.1 Å². The predicted octanol–water partition coefficient (Wildman–Crippen LogP) is 3.70. The van der Waals surface area contributed by atoms with Gasteiger partial charge in [-0.3, -0.25) is 4.79 Å². The molecule has 0 spiro atoms. The number of rotatable bonds is 4. The largest absolute Gasteiger partial charge is 0.422 e. The van der Waals surface area contributed by atoms with Crippen molar-refractivity contribution in [3.05, 3.63) is 53.5 Å². The molecule has 1 amide bonds. The number of nitriles is 1. The van der Waals surface area contributed by atoms with Gasteiger partial charge in [0.25, 0.3) is 11.9 Å². The quantitative estimate of drug-likeness (QED) is 0.438. The summed E-state index contributed by atoms with van der Waals surface area (Å²) in [5.74, 6) is 1.09. The third kappa shape index (κ3) is 4.84. The molecule has 0 saturated carbocycles. The first kappa shape index (κ1) is 22.5. The first-order valence-corrected chi connectivity index (χ1v) is 11.4. The van der Waals surface area contributed by atoms with Gasteiger partial charge in [0.1, 0.15) is 11.8 Å². The zero-order chi connectivity index (χ0) is 24.6. The Morgan fingerprint density at radius 3 is 2.46 bits per heavy atom. The third-order valence-corrected chi connectivity index (χ3v) is 5.73. The van der Waals surface area contributed by atoms with Gasteiger partial charge in [-0.25, -0.2) is 4.98 Å². The van der Waals surface area contributed by atoms with Crippen molar-refractivity contribution in [3.8, 4) is 17.5 Å². The van der Waals surface area contributed by atoms with Gasteiger partial charge in [-0.05, 0) is 29.7 Å². The zero-order valence-corrected chi connectivity index (χ0v) is 19.9. The summed E-state index contributed by atoms with van der Waals surface area (Å²) in [7, 11) is 0. The minimum absolute atomic E-state index is 0.0318. The standard InChI is InChI=1S/C25H25N7O3/c1-25(2,3)14-20-28-21(30-35-20)16-4-6-17(7-5-16)23(33)31-10-12-32(13-11-31)24-29-22-19(34-24)9-8-18(15-26)27-22/h4-9H,10-14H2,1-3H3. The average molecular weight is 472 g/mol. The lowest BCUT2D eigenvalue weighted by Crippen LogP contribution is -2.48. The fraction of sp³-hybridized carbons (Fsp3) is 0.360. The Hall–Kier alpha value is -4.26. The lowest BCUT2D eigenvalue weighted by molar-refractivity contribution is 0.0745. The van der Waals surface area contributed by atoms with Crippen LogP contribution in [0.5, 0.6) is 0 Å². The summed E-state index contributed by atoms with van der Waals surface area (Å²) < 4.78 is 11.2. The summed E-state index contributed by atoms with van der Waals surface area (Å²) in [6, 6.07) is 13.0. The highest BCUT2D eigenvalue weighted by atomic mass is 16.5. The van der Waals surface area contributed by atoms with Crippen molar-refractivity contribution in [1.29, 1.82) is 5.26 Å². The Kier molecular flexibility index (Phi) is 5.68. The number of amides is 1. The molecular weight excluding hydrogens is 446 g/mol. The van der Waals surface area contributed by atoms with E-state index in [-0.39, 0.29) is 11.3 Å². The number of hydrogen-bond acceptors (Lipinski definition) is 9. The highest BCUT2D eigenvalue weighted by molar-refractivity contribution is 5.94. The molecule has 1 aromatic carbocycles. The van der Waals surface area contributed by atoms with Crippen LogP contribution >= 0.6 is 0 Å². The molecule has 0 N–H and O–H groups in total. The second kappa shape index (κ2) is 8.83.